The molecule has 0 spiro atoms. The van der Waals surface area contributed by atoms with Gasteiger partial charge in [0.1, 0.15) is 0 Å². The Kier molecular flexibility index (Phi) is 5.32. The third-order valence-corrected chi connectivity index (χ3v) is 1.80. The highest BCUT2D eigenvalue weighted by Crippen LogP contribution is 2.31. The molecule has 10 heavy (non-hydrogen) atoms. The van der Waals surface area contributed by atoms with E-state index < -0.39 is 0 Å². The van der Waals surface area contributed by atoms with Gasteiger partial charge in [0.15, 0.2) is 0 Å². The molecule has 0 aromatic carbocycles. The Hall–Kier alpha value is -0.300. The van der Waals surface area contributed by atoms with Crippen LogP contribution in [-0.2, 0) is 0 Å². The smallest absolute Gasteiger partial charge is 0.0402 e. The molecule has 1 aliphatic rings. The van der Waals surface area contributed by atoms with E-state index in [1.807, 2.05) is 0 Å². The van der Waals surface area contributed by atoms with Gasteiger partial charge in [-0.05, 0) is 32.6 Å². The SMILES string of the molecule is C=C(C)C1CCC1.CCO. The van der Waals surface area contributed by atoms with Crippen LogP contribution < -0.4 is 0 Å². The molecule has 1 aliphatic carbocycles. The minimum absolute atomic E-state index is 0.250. The minimum atomic E-state index is 0.250. The molecular weight excluding hydrogens is 124 g/mol. The van der Waals surface area contributed by atoms with E-state index in [2.05, 4.69) is 13.5 Å². The van der Waals surface area contributed by atoms with Gasteiger partial charge in [0.25, 0.3) is 0 Å². The molecule has 0 saturated heterocycles. The zero-order valence-corrected chi connectivity index (χ0v) is 7.06. The fourth-order valence-electron chi connectivity index (χ4n) is 0.901. The van der Waals surface area contributed by atoms with Crippen molar-refractivity contribution in [3.05, 3.63) is 12.2 Å². The lowest BCUT2D eigenvalue weighted by atomic mass is 9.81. The number of aliphatic hydroxyl groups excluding tert-OH is 1. The molecule has 1 rings (SSSR count). The number of hydrogen-bond donors (Lipinski definition) is 1. The summed E-state index contributed by atoms with van der Waals surface area (Å²) in [5, 5.41) is 7.57. The summed E-state index contributed by atoms with van der Waals surface area (Å²) in [7, 11) is 0. The van der Waals surface area contributed by atoms with Crippen molar-refractivity contribution in [2.75, 3.05) is 6.61 Å². The standard InChI is InChI=1S/C7H12.C2H6O/c1-6(2)7-4-3-5-7;1-2-3/h7H,1,3-5H2,2H3;3H,2H2,1H3. The summed E-state index contributed by atoms with van der Waals surface area (Å²) in [6, 6.07) is 0. The first-order valence-electron chi connectivity index (χ1n) is 3.98. The third-order valence-electron chi connectivity index (χ3n) is 1.80. The van der Waals surface area contributed by atoms with E-state index >= 15 is 0 Å². The number of hydrogen-bond acceptors (Lipinski definition) is 1. The first-order valence-corrected chi connectivity index (χ1v) is 3.98. The van der Waals surface area contributed by atoms with Gasteiger partial charge in [0, 0.05) is 6.61 Å². The minimum Gasteiger partial charge on any atom is -0.397 e. The van der Waals surface area contributed by atoms with Gasteiger partial charge in [-0.2, -0.15) is 0 Å². The Morgan fingerprint density at radius 1 is 1.60 bits per heavy atom. The lowest BCUT2D eigenvalue weighted by molar-refractivity contribution is 0.318. The maximum atomic E-state index is 7.57. The molecule has 0 atom stereocenters. The summed E-state index contributed by atoms with van der Waals surface area (Å²) >= 11 is 0. The quantitative estimate of drug-likeness (QED) is 0.557. The molecule has 60 valence electrons. The molecule has 1 nitrogen and oxygen atoms in total. The number of rotatable bonds is 1. The van der Waals surface area contributed by atoms with Gasteiger partial charge < -0.3 is 5.11 Å². The average Bonchev–Trinajstić information content (AvgIpc) is 1.59. The second-order valence-corrected chi connectivity index (χ2v) is 2.79. The summed E-state index contributed by atoms with van der Waals surface area (Å²) in [5.74, 6) is 0.889. The van der Waals surface area contributed by atoms with E-state index in [0.29, 0.717) is 0 Å². The molecule has 1 heteroatoms. The summed E-state index contributed by atoms with van der Waals surface area (Å²) < 4.78 is 0. The van der Waals surface area contributed by atoms with Crippen molar-refractivity contribution in [2.24, 2.45) is 5.92 Å². The van der Waals surface area contributed by atoms with Gasteiger partial charge >= 0.3 is 0 Å². The Morgan fingerprint density at radius 3 is 2.00 bits per heavy atom. The summed E-state index contributed by atoms with van der Waals surface area (Å²) in [5.41, 5.74) is 1.38. The Morgan fingerprint density at radius 2 is 2.00 bits per heavy atom. The van der Waals surface area contributed by atoms with E-state index in [0.717, 1.165) is 5.92 Å². The van der Waals surface area contributed by atoms with E-state index in [1.165, 1.54) is 24.8 Å². The van der Waals surface area contributed by atoms with Crippen molar-refractivity contribution < 1.29 is 5.11 Å². The van der Waals surface area contributed by atoms with Crippen LogP contribution in [0.15, 0.2) is 12.2 Å². The molecule has 0 aromatic heterocycles. The largest absolute Gasteiger partial charge is 0.397 e. The first-order chi connectivity index (χ1) is 4.72. The van der Waals surface area contributed by atoms with Crippen LogP contribution in [-0.4, -0.2) is 11.7 Å². The van der Waals surface area contributed by atoms with Crippen molar-refractivity contribution in [1.29, 1.82) is 0 Å². The topological polar surface area (TPSA) is 20.2 Å². The van der Waals surface area contributed by atoms with Gasteiger partial charge in [-0.1, -0.05) is 18.6 Å². The van der Waals surface area contributed by atoms with Gasteiger partial charge in [0.2, 0.25) is 0 Å². The Bertz CT molecular complexity index is 92.9. The predicted octanol–water partition coefficient (Wildman–Crippen LogP) is 2.36. The van der Waals surface area contributed by atoms with E-state index in [9.17, 15) is 0 Å². The van der Waals surface area contributed by atoms with Gasteiger partial charge in [-0.3, -0.25) is 0 Å². The average molecular weight is 142 g/mol. The maximum absolute atomic E-state index is 7.57. The van der Waals surface area contributed by atoms with Crippen LogP contribution in [0.2, 0.25) is 0 Å². The molecule has 0 radical (unpaired) electrons. The van der Waals surface area contributed by atoms with Crippen LogP contribution in [0.3, 0.4) is 0 Å². The zero-order chi connectivity index (χ0) is 7.98. The lowest BCUT2D eigenvalue weighted by Gasteiger charge is -2.25. The summed E-state index contributed by atoms with van der Waals surface area (Å²) in [6.07, 6.45) is 4.22. The van der Waals surface area contributed by atoms with Gasteiger partial charge in [-0.25, -0.2) is 0 Å². The molecule has 1 N–H and O–H groups in total. The Labute approximate surface area is 63.8 Å². The molecule has 0 unspecified atom stereocenters. The van der Waals surface area contributed by atoms with Crippen LogP contribution in [0.25, 0.3) is 0 Å². The van der Waals surface area contributed by atoms with Crippen LogP contribution in [0.1, 0.15) is 33.1 Å². The fourth-order valence-corrected chi connectivity index (χ4v) is 0.901. The number of aliphatic hydroxyl groups is 1. The molecule has 0 aliphatic heterocycles. The molecular formula is C9H18O. The molecule has 1 fully saturated rings. The van der Waals surface area contributed by atoms with Crippen molar-refractivity contribution in [3.63, 3.8) is 0 Å². The fraction of sp³-hybridized carbons (Fsp3) is 0.778. The molecule has 0 amide bonds. The van der Waals surface area contributed by atoms with E-state index in [1.54, 1.807) is 6.92 Å². The van der Waals surface area contributed by atoms with Crippen molar-refractivity contribution in [2.45, 2.75) is 33.1 Å². The lowest BCUT2D eigenvalue weighted by Crippen LogP contribution is -2.10. The second-order valence-electron chi connectivity index (χ2n) is 2.79. The summed E-state index contributed by atoms with van der Waals surface area (Å²) in [4.78, 5) is 0. The van der Waals surface area contributed by atoms with Gasteiger partial charge in [0.05, 0.1) is 0 Å². The predicted molar refractivity (Wildman–Crippen MR) is 44.9 cm³/mol. The molecule has 1 saturated carbocycles. The summed E-state index contributed by atoms with van der Waals surface area (Å²) in [6.45, 7) is 7.94. The molecule has 0 heterocycles. The van der Waals surface area contributed by atoms with E-state index in [4.69, 9.17) is 5.11 Å². The number of allylic oxidation sites excluding steroid dienone is 1. The van der Waals surface area contributed by atoms with Crippen LogP contribution in [0.5, 0.6) is 0 Å². The molecule has 0 bridgehead atoms. The highest BCUT2D eigenvalue weighted by molar-refractivity contribution is 4.99. The first kappa shape index (κ1) is 9.70. The Balaban J connectivity index is 0.000000236. The third kappa shape index (κ3) is 3.67. The van der Waals surface area contributed by atoms with Crippen molar-refractivity contribution in [3.8, 4) is 0 Å². The highest BCUT2D eigenvalue weighted by atomic mass is 16.2. The van der Waals surface area contributed by atoms with Crippen LogP contribution >= 0.6 is 0 Å². The van der Waals surface area contributed by atoms with Crippen molar-refractivity contribution >= 4 is 0 Å². The van der Waals surface area contributed by atoms with Crippen LogP contribution in [0, 0.1) is 5.92 Å². The normalized spacial score (nSPS) is 16.7. The van der Waals surface area contributed by atoms with Gasteiger partial charge in [-0.15, -0.1) is 0 Å². The monoisotopic (exact) mass is 142 g/mol. The molecule has 0 aromatic rings. The van der Waals surface area contributed by atoms with E-state index in [-0.39, 0.29) is 6.61 Å². The highest BCUT2D eigenvalue weighted by Gasteiger charge is 2.16. The van der Waals surface area contributed by atoms with Crippen molar-refractivity contribution in [1.82, 2.24) is 0 Å². The zero-order valence-electron chi connectivity index (χ0n) is 7.06. The van der Waals surface area contributed by atoms with Crippen LogP contribution in [0.4, 0.5) is 0 Å². The maximum Gasteiger partial charge on any atom is 0.0402 e. The second kappa shape index (κ2) is 5.48.